The molecule has 0 radical (unpaired) electrons. The van der Waals surface area contributed by atoms with Gasteiger partial charge in [-0.25, -0.2) is 0 Å². The number of likely N-dealkylation sites (tertiary alicyclic amines) is 1. The van der Waals surface area contributed by atoms with Crippen molar-refractivity contribution < 1.29 is 24.7 Å². The molecule has 0 saturated carbocycles. The van der Waals surface area contributed by atoms with Gasteiger partial charge < -0.3 is 31.1 Å². The lowest BCUT2D eigenvalue weighted by Gasteiger charge is -2.29. The predicted octanol–water partition coefficient (Wildman–Crippen LogP) is -0.152. The van der Waals surface area contributed by atoms with Crippen molar-refractivity contribution in [2.45, 2.75) is 43.7 Å². The maximum absolute atomic E-state index is 13.0. The number of carbonyl (C=O) groups is 2. The third kappa shape index (κ3) is 4.34. The number of carbonyl (C=O) groups excluding carboxylic acids is 1. The van der Waals surface area contributed by atoms with E-state index in [-0.39, 0.29) is 25.3 Å². The fraction of sp³-hybridized carbons (Fsp3) is 0.556. The highest BCUT2D eigenvalue weighted by Gasteiger charge is 2.51. The number of carboxylic acids is 1. The van der Waals surface area contributed by atoms with Crippen LogP contribution in [0.3, 0.4) is 0 Å². The summed E-state index contributed by atoms with van der Waals surface area (Å²) in [5.41, 5.74) is 6.73. The van der Waals surface area contributed by atoms with Crippen molar-refractivity contribution in [3.05, 3.63) is 34.3 Å². The zero-order valence-corrected chi connectivity index (χ0v) is 16.2. The van der Waals surface area contributed by atoms with Crippen LogP contribution in [0.25, 0.3) is 0 Å². The number of aliphatic carboxylic acids is 1. The Balaban J connectivity index is 1.68. The molecule has 6 N–H and O–H groups in total. The van der Waals surface area contributed by atoms with E-state index in [9.17, 15) is 14.7 Å². The number of hydrogen-bond acceptors (Lipinski definition) is 6. The Hall–Kier alpha value is -1.65. The van der Waals surface area contributed by atoms with Crippen LogP contribution in [-0.2, 0) is 22.6 Å². The van der Waals surface area contributed by atoms with Gasteiger partial charge in [0.25, 0.3) is 0 Å². The number of benzene rings is 1. The van der Waals surface area contributed by atoms with Crippen molar-refractivity contribution >= 4 is 30.6 Å². The Morgan fingerprint density at radius 2 is 2.11 bits per heavy atom. The van der Waals surface area contributed by atoms with E-state index in [0.717, 1.165) is 11.1 Å². The largest absolute Gasteiger partial charge is 0.480 e. The standard InChI is InChI=1S/C18H25BClN3O5/c20-14-4-3-11-7-15(22-8-12(11)6-14)16(24)23-9-13(2-1-5-19(27)28)18(21,10-23)17(25)26/h3-4,6,13,15,22,27-28H,1-2,5,7-10,21H2,(H,25,26). The summed E-state index contributed by atoms with van der Waals surface area (Å²) in [6, 6.07) is 5.14. The van der Waals surface area contributed by atoms with Crippen molar-refractivity contribution in [3.8, 4) is 0 Å². The van der Waals surface area contributed by atoms with E-state index in [2.05, 4.69) is 5.32 Å². The molecule has 3 rings (SSSR count). The van der Waals surface area contributed by atoms with Gasteiger partial charge in [0.05, 0.1) is 6.04 Å². The maximum Gasteiger partial charge on any atom is 0.451 e. The molecular formula is C18H25BClN3O5. The molecule has 28 heavy (non-hydrogen) atoms. The molecule has 1 fully saturated rings. The van der Waals surface area contributed by atoms with E-state index in [0.29, 0.717) is 30.8 Å². The molecule has 0 aliphatic carbocycles. The zero-order chi connectivity index (χ0) is 20.5. The second-order valence-electron chi connectivity index (χ2n) is 7.72. The predicted molar refractivity (Wildman–Crippen MR) is 105 cm³/mol. The third-order valence-corrected chi connectivity index (χ3v) is 6.01. The highest BCUT2D eigenvalue weighted by molar-refractivity contribution is 6.40. The van der Waals surface area contributed by atoms with Gasteiger partial charge in [-0.2, -0.15) is 0 Å². The minimum atomic E-state index is -1.53. The number of nitrogens with one attached hydrogen (secondary N) is 1. The number of fused-ring (bicyclic) bond motifs is 1. The third-order valence-electron chi connectivity index (χ3n) is 5.78. The van der Waals surface area contributed by atoms with Crippen LogP contribution in [0, 0.1) is 5.92 Å². The van der Waals surface area contributed by atoms with E-state index in [1.807, 2.05) is 12.1 Å². The Morgan fingerprint density at radius 1 is 1.36 bits per heavy atom. The summed E-state index contributed by atoms with van der Waals surface area (Å²) < 4.78 is 0. The van der Waals surface area contributed by atoms with E-state index in [1.54, 1.807) is 6.07 Å². The van der Waals surface area contributed by atoms with Crippen LogP contribution < -0.4 is 11.1 Å². The Kier molecular flexibility index (Phi) is 6.31. The Morgan fingerprint density at radius 3 is 2.79 bits per heavy atom. The molecular weight excluding hydrogens is 384 g/mol. The van der Waals surface area contributed by atoms with Crippen LogP contribution in [0.5, 0.6) is 0 Å². The number of rotatable bonds is 6. The summed E-state index contributed by atoms with van der Waals surface area (Å²) in [4.78, 5) is 26.3. The lowest BCUT2D eigenvalue weighted by atomic mass is 9.78. The summed E-state index contributed by atoms with van der Waals surface area (Å²) >= 11 is 6.01. The summed E-state index contributed by atoms with van der Waals surface area (Å²) in [6.07, 6.45) is 1.48. The van der Waals surface area contributed by atoms with E-state index in [1.165, 1.54) is 4.90 Å². The van der Waals surface area contributed by atoms with E-state index in [4.69, 9.17) is 27.4 Å². The van der Waals surface area contributed by atoms with Crippen LogP contribution in [0.1, 0.15) is 24.0 Å². The van der Waals surface area contributed by atoms with E-state index >= 15 is 0 Å². The van der Waals surface area contributed by atoms with E-state index < -0.39 is 30.6 Å². The lowest BCUT2D eigenvalue weighted by molar-refractivity contribution is -0.144. The number of nitrogens with two attached hydrogens (primary N) is 1. The summed E-state index contributed by atoms with van der Waals surface area (Å²) in [7, 11) is -1.43. The average molecular weight is 410 g/mol. The molecule has 0 bridgehead atoms. The van der Waals surface area contributed by atoms with Gasteiger partial charge in [-0.05, 0) is 42.4 Å². The molecule has 1 amide bonds. The number of halogens is 1. The molecule has 1 aromatic carbocycles. The van der Waals surface area contributed by atoms with Gasteiger partial charge in [0, 0.05) is 30.6 Å². The molecule has 0 spiro atoms. The monoisotopic (exact) mass is 409 g/mol. The highest BCUT2D eigenvalue weighted by atomic mass is 35.5. The van der Waals surface area contributed by atoms with Gasteiger partial charge in [0.1, 0.15) is 5.54 Å². The maximum atomic E-state index is 13.0. The van der Waals surface area contributed by atoms with Crippen LogP contribution in [-0.4, -0.2) is 63.7 Å². The quantitative estimate of drug-likeness (QED) is 0.412. The topological polar surface area (TPSA) is 136 Å². The van der Waals surface area contributed by atoms with Crippen LogP contribution in [0.15, 0.2) is 18.2 Å². The first-order valence-corrected chi connectivity index (χ1v) is 9.76. The first kappa shape index (κ1) is 21.1. The summed E-state index contributed by atoms with van der Waals surface area (Å²) in [6.45, 7) is 0.707. The molecule has 10 heteroatoms. The minimum Gasteiger partial charge on any atom is -0.480 e. The van der Waals surface area contributed by atoms with Crippen molar-refractivity contribution in [1.82, 2.24) is 10.2 Å². The minimum absolute atomic E-state index is 0.0564. The van der Waals surface area contributed by atoms with Gasteiger partial charge in [-0.1, -0.05) is 24.1 Å². The van der Waals surface area contributed by atoms with Gasteiger partial charge in [-0.3, -0.25) is 9.59 Å². The molecule has 2 aliphatic heterocycles. The van der Waals surface area contributed by atoms with Gasteiger partial charge in [0.2, 0.25) is 5.91 Å². The second kappa shape index (κ2) is 8.38. The highest BCUT2D eigenvalue weighted by Crippen LogP contribution is 2.32. The smallest absolute Gasteiger partial charge is 0.451 e. The Bertz CT molecular complexity index is 765. The molecule has 8 nitrogen and oxygen atoms in total. The molecule has 1 saturated heterocycles. The average Bonchev–Trinajstić information content (AvgIpc) is 2.98. The summed E-state index contributed by atoms with van der Waals surface area (Å²) in [5.74, 6) is -1.75. The van der Waals surface area contributed by atoms with Gasteiger partial charge in [-0.15, -0.1) is 0 Å². The second-order valence-corrected chi connectivity index (χ2v) is 8.16. The number of carboxylic acid groups (broad SMARTS) is 1. The molecule has 2 heterocycles. The van der Waals surface area contributed by atoms with Gasteiger partial charge in [0.15, 0.2) is 0 Å². The van der Waals surface area contributed by atoms with Crippen LogP contribution >= 0.6 is 11.6 Å². The van der Waals surface area contributed by atoms with Crippen LogP contribution in [0.4, 0.5) is 0 Å². The fourth-order valence-corrected chi connectivity index (χ4v) is 4.32. The van der Waals surface area contributed by atoms with Crippen molar-refractivity contribution in [2.24, 2.45) is 11.7 Å². The first-order chi connectivity index (χ1) is 13.2. The van der Waals surface area contributed by atoms with Crippen molar-refractivity contribution in [2.75, 3.05) is 13.1 Å². The van der Waals surface area contributed by atoms with Crippen molar-refractivity contribution in [1.29, 1.82) is 0 Å². The Labute approximate surface area is 168 Å². The fourth-order valence-electron chi connectivity index (χ4n) is 4.12. The van der Waals surface area contributed by atoms with Crippen molar-refractivity contribution in [3.63, 3.8) is 0 Å². The lowest BCUT2D eigenvalue weighted by Crippen LogP contribution is -2.56. The number of nitrogens with zero attached hydrogens (tertiary/aromatic N) is 1. The molecule has 3 unspecified atom stereocenters. The van der Waals surface area contributed by atoms with Crippen LogP contribution in [0.2, 0.25) is 11.3 Å². The molecule has 1 aromatic rings. The molecule has 3 atom stereocenters. The normalized spacial score (nSPS) is 26.8. The summed E-state index contributed by atoms with van der Waals surface area (Å²) in [5, 5.41) is 31.5. The van der Waals surface area contributed by atoms with Gasteiger partial charge >= 0.3 is 13.1 Å². The first-order valence-electron chi connectivity index (χ1n) is 9.38. The SMILES string of the molecule is NC1(C(=O)O)CN(C(=O)C2Cc3ccc(Cl)cc3CN2)CC1CCCB(O)O. The zero-order valence-electron chi connectivity index (χ0n) is 15.5. The number of hydrogen-bond donors (Lipinski definition) is 5. The molecule has 2 aliphatic rings. The molecule has 0 aromatic heterocycles. The number of amides is 1. The molecule has 152 valence electrons.